The van der Waals surface area contributed by atoms with Crippen LogP contribution in [0, 0.1) is 13.8 Å². The molecule has 1 aliphatic carbocycles. The first-order valence-electron chi connectivity index (χ1n) is 7.20. The summed E-state index contributed by atoms with van der Waals surface area (Å²) in [5.41, 5.74) is 1.37. The van der Waals surface area contributed by atoms with Gasteiger partial charge >= 0.3 is 0 Å². The van der Waals surface area contributed by atoms with E-state index in [1.54, 1.807) is 0 Å². The van der Waals surface area contributed by atoms with Crippen molar-refractivity contribution in [3.05, 3.63) is 21.4 Å². The molecule has 1 fully saturated rings. The van der Waals surface area contributed by atoms with Crippen molar-refractivity contribution in [2.45, 2.75) is 65.0 Å². The van der Waals surface area contributed by atoms with Crippen molar-refractivity contribution in [1.29, 1.82) is 0 Å². The second-order valence-electron chi connectivity index (χ2n) is 5.54. The van der Waals surface area contributed by atoms with Gasteiger partial charge in [-0.05, 0) is 57.5 Å². The zero-order valence-corrected chi connectivity index (χ0v) is 13.7. The summed E-state index contributed by atoms with van der Waals surface area (Å²) in [5.74, 6) is 0. The van der Waals surface area contributed by atoms with Gasteiger partial charge in [0.1, 0.15) is 0 Å². The van der Waals surface area contributed by atoms with Crippen LogP contribution in [-0.4, -0.2) is 11.2 Å². The molecule has 0 aromatic carbocycles. The summed E-state index contributed by atoms with van der Waals surface area (Å²) < 4.78 is 0. The zero-order chi connectivity index (χ0) is 13.8. The molecule has 1 heterocycles. The fourth-order valence-electron chi connectivity index (χ4n) is 2.83. The average Bonchev–Trinajstić information content (AvgIpc) is 2.69. The van der Waals surface area contributed by atoms with Crippen LogP contribution in [0.2, 0.25) is 0 Å². The molecule has 2 nitrogen and oxygen atoms in total. The van der Waals surface area contributed by atoms with Crippen molar-refractivity contribution < 1.29 is 0 Å². The summed E-state index contributed by atoms with van der Waals surface area (Å²) in [7, 11) is 0. The largest absolute Gasteiger partial charge is 0.360 e. The molecule has 1 aromatic rings. The first-order chi connectivity index (χ1) is 9.06. The fraction of sp³-hybridized carbons (Fsp3) is 0.667. The van der Waals surface area contributed by atoms with Gasteiger partial charge in [0.25, 0.3) is 0 Å². The number of hydrogen-bond acceptors (Lipinski definition) is 2. The highest BCUT2D eigenvalue weighted by molar-refractivity contribution is 7.80. The number of thiocarbonyl (C=S) groups is 1. The summed E-state index contributed by atoms with van der Waals surface area (Å²) in [5, 5.41) is 7.70. The predicted molar refractivity (Wildman–Crippen MR) is 88.0 cm³/mol. The van der Waals surface area contributed by atoms with Crippen LogP contribution in [0.5, 0.6) is 0 Å². The van der Waals surface area contributed by atoms with E-state index in [-0.39, 0.29) is 6.04 Å². The standard InChI is InChI=1S/C15H24N2S2/c1-10-9-14(12(3)19-10)11(2)16-15(18)17-13-7-5-4-6-8-13/h9,11,13H,4-8H2,1-3H3,(H2,16,17,18). The smallest absolute Gasteiger partial charge is 0.166 e. The molecule has 1 atom stereocenters. The molecule has 19 heavy (non-hydrogen) atoms. The van der Waals surface area contributed by atoms with Crippen LogP contribution in [0.4, 0.5) is 0 Å². The van der Waals surface area contributed by atoms with Gasteiger partial charge in [-0.15, -0.1) is 11.3 Å². The van der Waals surface area contributed by atoms with E-state index in [1.165, 1.54) is 47.4 Å². The number of aryl methyl sites for hydroxylation is 2. The van der Waals surface area contributed by atoms with Crippen LogP contribution in [0.15, 0.2) is 6.07 Å². The minimum absolute atomic E-state index is 0.286. The second-order valence-corrected chi connectivity index (χ2v) is 7.41. The third-order valence-corrected chi connectivity index (χ3v) is 5.05. The Bertz CT molecular complexity index is 433. The Labute approximate surface area is 126 Å². The van der Waals surface area contributed by atoms with Crippen molar-refractivity contribution >= 4 is 28.7 Å². The molecule has 0 aliphatic heterocycles. The molecule has 0 bridgehead atoms. The van der Waals surface area contributed by atoms with E-state index in [4.69, 9.17) is 12.2 Å². The lowest BCUT2D eigenvalue weighted by Crippen LogP contribution is -2.43. The lowest BCUT2D eigenvalue weighted by Gasteiger charge is -2.26. The number of rotatable bonds is 3. The minimum atomic E-state index is 0.286. The lowest BCUT2D eigenvalue weighted by atomic mass is 9.96. The summed E-state index contributed by atoms with van der Waals surface area (Å²) in [6, 6.07) is 3.13. The first-order valence-corrected chi connectivity index (χ1v) is 8.42. The summed E-state index contributed by atoms with van der Waals surface area (Å²) in [6.45, 7) is 6.53. The van der Waals surface area contributed by atoms with Gasteiger partial charge < -0.3 is 10.6 Å². The van der Waals surface area contributed by atoms with Crippen LogP contribution in [0.25, 0.3) is 0 Å². The molecule has 106 valence electrons. The molecule has 1 aromatic heterocycles. The number of hydrogen-bond donors (Lipinski definition) is 2. The van der Waals surface area contributed by atoms with Crippen LogP contribution < -0.4 is 10.6 Å². The Morgan fingerprint density at radius 1 is 1.32 bits per heavy atom. The molecule has 2 N–H and O–H groups in total. The maximum absolute atomic E-state index is 5.44. The third-order valence-electron chi connectivity index (χ3n) is 3.83. The van der Waals surface area contributed by atoms with Gasteiger partial charge in [0.2, 0.25) is 0 Å². The molecule has 1 aliphatic rings. The van der Waals surface area contributed by atoms with Gasteiger partial charge in [-0.3, -0.25) is 0 Å². The number of nitrogens with one attached hydrogen (secondary N) is 2. The van der Waals surface area contributed by atoms with Gasteiger partial charge in [-0.2, -0.15) is 0 Å². The quantitative estimate of drug-likeness (QED) is 0.817. The summed E-state index contributed by atoms with van der Waals surface area (Å²) >= 11 is 7.30. The van der Waals surface area contributed by atoms with Crippen LogP contribution >= 0.6 is 23.6 Å². The Morgan fingerprint density at radius 3 is 2.58 bits per heavy atom. The van der Waals surface area contributed by atoms with Crippen molar-refractivity contribution in [3.63, 3.8) is 0 Å². The van der Waals surface area contributed by atoms with Crippen LogP contribution in [-0.2, 0) is 0 Å². The maximum Gasteiger partial charge on any atom is 0.166 e. The molecule has 0 spiro atoms. The van der Waals surface area contributed by atoms with E-state index < -0.39 is 0 Å². The van der Waals surface area contributed by atoms with Crippen molar-refractivity contribution in [2.75, 3.05) is 0 Å². The Kier molecular flexibility index (Phi) is 5.22. The third kappa shape index (κ3) is 4.18. The molecule has 0 radical (unpaired) electrons. The molecule has 4 heteroatoms. The van der Waals surface area contributed by atoms with Crippen molar-refractivity contribution in [1.82, 2.24) is 10.6 Å². The van der Waals surface area contributed by atoms with Crippen LogP contribution in [0.3, 0.4) is 0 Å². The SMILES string of the molecule is Cc1cc(C(C)NC(=S)NC2CCCCC2)c(C)s1. The first kappa shape index (κ1) is 14.8. The predicted octanol–water partition coefficient (Wildman–Crippen LogP) is 4.22. The van der Waals surface area contributed by atoms with Crippen molar-refractivity contribution in [3.8, 4) is 0 Å². The van der Waals surface area contributed by atoms with E-state index in [0.717, 1.165) is 5.11 Å². The van der Waals surface area contributed by atoms with Gasteiger partial charge in [0, 0.05) is 15.8 Å². The Hall–Kier alpha value is -0.610. The van der Waals surface area contributed by atoms with Gasteiger partial charge in [-0.25, -0.2) is 0 Å². The minimum Gasteiger partial charge on any atom is -0.360 e. The van der Waals surface area contributed by atoms with E-state index in [1.807, 2.05) is 11.3 Å². The molecular formula is C15H24N2S2. The normalized spacial score (nSPS) is 18.1. The highest BCUT2D eigenvalue weighted by Crippen LogP contribution is 2.26. The second kappa shape index (κ2) is 6.71. The van der Waals surface area contributed by atoms with E-state index in [0.29, 0.717) is 6.04 Å². The molecule has 1 saturated carbocycles. The molecule has 1 unspecified atom stereocenters. The Morgan fingerprint density at radius 2 is 2.00 bits per heavy atom. The highest BCUT2D eigenvalue weighted by atomic mass is 32.1. The molecule has 0 amide bonds. The summed E-state index contributed by atoms with van der Waals surface area (Å²) in [6.07, 6.45) is 6.55. The lowest BCUT2D eigenvalue weighted by molar-refractivity contribution is 0.411. The van der Waals surface area contributed by atoms with Crippen molar-refractivity contribution in [2.24, 2.45) is 0 Å². The van der Waals surface area contributed by atoms with Gasteiger partial charge in [0.05, 0.1) is 6.04 Å². The van der Waals surface area contributed by atoms with E-state index in [2.05, 4.69) is 37.5 Å². The fourth-order valence-corrected chi connectivity index (χ4v) is 4.19. The van der Waals surface area contributed by atoms with E-state index >= 15 is 0 Å². The maximum atomic E-state index is 5.44. The van der Waals surface area contributed by atoms with E-state index in [9.17, 15) is 0 Å². The van der Waals surface area contributed by atoms with Crippen LogP contribution in [0.1, 0.15) is 60.4 Å². The average molecular weight is 297 g/mol. The highest BCUT2D eigenvalue weighted by Gasteiger charge is 2.16. The number of thiophene rings is 1. The zero-order valence-electron chi connectivity index (χ0n) is 12.1. The molecule has 0 saturated heterocycles. The molecule has 2 rings (SSSR count). The van der Waals surface area contributed by atoms with Gasteiger partial charge in [-0.1, -0.05) is 19.3 Å². The Balaban J connectivity index is 1.86. The topological polar surface area (TPSA) is 24.1 Å². The summed E-state index contributed by atoms with van der Waals surface area (Å²) in [4.78, 5) is 2.75. The van der Waals surface area contributed by atoms with Gasteiger partial charge in [0.15, 0.2) is 5.11 Å². The molecular weight excluding hydrogens is 272 g/mol. The monoisotopic (exact) mass is 296 g/mol.